The average Bonchev–Trinajstić information content (AvgIpc) is 3.35. The van der Waals surface area contributed by atoms with Crippen molar-refractivity contribution in [2.45, 2.75) is 84.5 Å². The monoisotopic (exact) mass is 551 g/mol. The van der Waals surface area contributed by atoms with Gasteiger partial charge in [-0.05, 0) is 55.9 Å². The minimum absolute atomic E-state index is 0.187. The van der Waals surface area contributed by atoms with Crippen LogP contribution >= 0.6 is 0 Å². The minimum Gasteiger partial charge on any atom is -0.507 e. The lowest BCUT2D eigenvalue weighted by atomic mass is 9.94. The van der Waals surface area contributed by atoms with Crippen LogP contribution in [0, 0.1) is 5.92 Å². The number of ether oxygens (including phenoxy) is 1. The van der Waals surface area contributed by atoms with Crippen molar-refractivity contribution in [2.24, 2.45) is 5.92 Å². The highest BCUT2D eigenvalue weighted by molar-refractivity contribution is 5.99. The van der Waals surface area contributed by atoms with Crippen LogP contribution in [0.3, 0.4) is 0 Å². The summed E-state index contributed by atoms with van der Waals surface area (Å²) in [7, 11) is 1.28. The Labute approximate surface area is 235 Å². The van der Waals surface area contributed by atoms with E-state index in [-0.39, 0.29) is 17.2 Å². The summed E-state index contributed by atoms with van der Waals surface area (Å²) in [5.74, 6) is -0.428. The molecule has 0 spiro atoms. The highest BCUT2D eigenvalue weighted by atomic mass is 16.5. The number of amides is 1. The van der Waals surface area contributed by atoms with Crippen molar-refractivity contribution in [3.8, 4) is 5.75 Å². The van der Waals surface area contributed by atoms with Gasteiger partial charge in [-0.3, -0.25) is 10.1 Å². The number of ketones is 1. The van der Waals surface area contributed by atoms with E-state index in [9.17, 15) is 19.5 Å². The van der Waals surface area contributed by atoms with Crippen molar-refractivity contribution < 1.29 is 28.3 Å². The van der Waals surface area contributed by atoms with Crippen molar-refractivity contribution in [2.75, 3.05) is 7.11 Å². The number of rotatable bonds is 15. The number of allylic oxidation sites excluding steroid dienone is 1. The Morgan fingerprint density at radius 1 is 1.05 bits per heavy atom. The lowest BCUT2D eigenvalue weighted by molar-refractivity contribution is 0.0915. The molecular weight excluding hydrogens is 510 g/mol. The van der Waals surface area contributed by atoms with Gasteiger partial charge in [-0.1, -0.05) is 52.2 Å². The van der Waals surface area contributed by atoms with Gasteiger partial charge in [0.2, 0.25) is 0 Å². The molecule has 3 aromatic rings. The van der Waals surface area contributed by atoms with Crippen LogP contribution in [0.1, 0.15) is 99.1 Å². The SMILES string of the molecule is CCCCCCc1ccc2oc(CCC(C)C(=O)c3c(O)cc(C(C)CC/C=C/NC(=O)OC)oc3=O)cc2c1. The molecule has 0 aliphatic heterocycles. The number of methoxy groups -OCH3 is 1. The number of carbonyl (C=O) groups is 2. The first-order valence-electron chi connectivity index (χ1n) is 14.2. The molecule has 1 amide bonds. The van der Waals surface area contributed by atoms with E-state index >= 15 is 0 Å². The summed E-state index contributed by atoms with van der Waals surface area (Å²) in [5.41, 5.74) is 0.968. The quantitative estimate of drug-likeness (QED) is 0.149. The summed E-state index contributed by atoms with van der Waals surface area (Å²) < 4.78 is 15.9. The Balaban J connectivity index is 1.57. The number of carbonyl (C=O) groups excluding carboxylic acids is 2. The van der Waals surface area contributed by atoms with Crippen LogP contribution in [-0.2, 0) is 17.6 Å². The molecule has 0 fully saturated rings. The van der Waals surface area contributed by atoms with Crippen LogP contribution in [-0.4, -0.2) is 24.1 Å². The van der Waals surface area contributed by atoms with Crippen LogP contribution in [0.2, 0.25) is 0 Å². The first-order valence-corrected chi connectivity index (χ1v) is 14.2. The number of fused-ring (bicyclic) bond motifs is 1. The predicted molar refractivity (Wildman–Crippen MR) is 155 cm³/mol. The zero-order valence-corrected chi connectivity index (χ0v) is 24.0. The third-order valence-corrected chi connectivity index (χ3v) is 7.17. The largest absolute Gasteiger partial charge is 0.507 e. The van der Waals surface area contributed by atoms with E-state index in [2.05, 4.69) is 29.1 Å². The first-order chi connectivity index (χ1) is 19.2. The lowest BCUT2D eigenvalue weighted by Crippen LogP contribution is -2.21. The summed E-state index contributed by atoms with van der Waals surface area (Å²) >= 11 is 0. The maximum atomic E-state index is 13.1. The number of Topliss-reactive ketones (excluding diaryl/α,β-unsaturated/α-hetero) is 1. The Bertz CT molecular complexity index is 1370. The molecule has 2 N–H and O–H groups in total. The molecule has 0 radical (unpaired) electrons. The topological polar surface area (TPSA) is 119 Å². The fourth-order valence-corrected chi connectivity index (χ4v) is 4.65. The summed E-state index contributed by atoms with van der Waals surface area (Å²) in [6.45, 7) is 5.80. The number of furan rings is 1. The van der Waals surface area contributed by atoms with E-state index in [0.717, 1.165) is 23.2 Å². The van der Waals surface area contributed by atoms with Gasteiger partial charge in [0.1, 0.15) is 28.4 Å². The summed E-state index contributed by atoms with van der Waals surface area (Å²) in [4.78, 5) is 36.8. The van der Waals surface area contributed by atoms with Gasteiger partial charge in [-0.15, -0.1) is 0 Å². The summed E-state index contributed by atoms with van der Waals surface area (Å²) in [5, 5.41) is 14.1. The van der Waals surface area contributed by atoms with E-state index in [4.69, 9.17) is 8.83 Å². The highest BCUT2D eigenvalue weighted by Gasteiger charge is 2.25. The maximum Gasteiger partial charge on any atom is 0.410 e. The fourth-order valence-electron chi connectivity index (χ4n) is 4.65. The number of aromatic hydroxyl groups is 1. The molecule has 2 unspecified atom stereocenters. The molecule has 0 aliphatic carbocycles. The van der Waals surface area contributed by atoms with Crippen LogP contribution in [0.4, 0.5) is 4.79 Å². The van der Waals surface area contributed by atoms with Crippen molar-refractivity contribution in [3.05, 3.63) is 75.7 Å². The van der Waals surface area contributed by atoms with E-state index in [1.165, 1.54) is 50.6 Å². The number of benzene rings is 1. The number of nitrogens with one attached hydrogen (secondary N) is 1. The molecule has 8 heteroatoms. The van der Waals surface area contributed by atoms with Gasteiger partial charge >= 0.3 is 11.7 Å². The molecule has 0 aliphatic rings. The minimum atomic E-state index is -0.836. The Morgan fingerprint density at radius 2 is 1.85 bits per heavy atom. The lowest BCUT2D eigenvalue weighted by Gasteiger charge is -2.13. The molecule has 1 aromatic carbocycles. The molecular formula is C32H41NO7. The van der Waals surface area contributed by atoms with E-state index in [1.54, 1.807) is 13.0 Å². The second-order valence-corrected chi connectivity index (χ2v) is 10.4. The third kappa shape index (κ3) is 8.60. The third-order valence-electron chi connectivity index (χ3n) is 7.17. The number of alkyl carbamates (subject to hydrolysis) is 1. The van der Waals surface area contributed by atoms with Gasteiger partial charge in [0.05, 0.1) is 7.11 Å². The Kier molecular flexibility index (Phi) is 11.6. The molecule has 0 saturated carbocycles. The van der Waals surface area contributed by atoms with Crippen LogP contribution in [0.25, 0.3) is 11.0 Å². The Hall–Kier alpha value is -3.81. The van der Waals surface area contributed by atoms with E-state index in [0.29, 0.717) is 31.4 Å². The number of hydrogen-bond donors (Lipinski definition) is 2. The number of hydrogen-bond acceptors (Lipinski definition) is 7. The predicted octanol–water partition coefficient (Wildman–Crippen LogP) is 7.42. The molecule has 0 saturated heterocycles. The normalized spacial score (nSPS) is 13.0. The standard InChI is InChI=1S/C32H41NO7/c1-5-6-7-8-12-23-14-16-27-24(18-23)19-25(39-27)15-13-22(3)30(35)29-26(34)20-28(40-31(29)36)21(2)11-9-10-17-33-32(37)38-4/h10,14,16-22,34H,5-9,11-13,15H2,1-4H3,(H,33,37)/b17-10+. The molecule has 2 heterocycles. The van der Waals surface area contributed by atoms with Crippen LogP contribution in [0.5, 0.6) is 5.75 Å². The van der Waals surface area contributed by atoms with Gasteiger partial charge < -0.3 is 18.7 Å². The van der Waals surface area contributed by atoms with Crippen molar-refractivity contribution in [3.63, 3.8) is 0 Å². The molecule has 2 aromatic heterocycles. The molecule has 0 bridgehead atoms. The van der Waals surface area contributed by atoms with Crippen LogP contribution < -0.4 is 10.9 Å². The molecule has 8 nitrogen and oxygen atoms in total. The fraction of sp³-hybridized carbons (Fsp3) is 0.469. The van der Waals surface area contributed by atoms with Gasteiger partial charge in [0.15, 0.2) is 5.78 Å². The average molecular weight is 552 g/mol. The first kappa shape index (κ1) is 30.7. The number of aryl methyl sites for hydroxylation is 2. The second kappa shape index (κ2) is 15.1. The van der Waals surface area contributed by atoms with Crippen molar-refractivity contribution in [1.82, 2.24) is 5.32 Å². The zero-order valence-electron chi connectivity index (χ0n) is 24.0. The summed E-state index contributed by atoms with van der Waals surface area (Å²) in [6.07, 6.45) is 10.8. The second-order valence-electron chi connectivity index (χ2n) is 10.4. The van der Waals surface area contributed by atoms with Gasteiger partial charge in [-0.2, -0.15) is 0 Å². The zero-order chi connectivity index (χ0) is 29.1. The van der Waals surface area contributed by atoms with E-state index in [1.807, 2.05) is 19.1 Å². The number of unbranched alkanes of at least 4 members (excludes halogenated alkanes) is 3. The summed E-state index contributed by atoms with van der Waals surface area (Å²) in [6, 6.07) is 9.65. The molecule has 40 heavy (non-hydrogen) atoms. The van der Waals surface area contributed by atoms with Gasteiger partial charge in [-0.25, -0.2) is 9.59 Å². The van der Waals surface area contributed by atoms with Crippen molar-refractivity contribution >= 4 is 22.8 Å². The van der Waals surface area contributed by atoms with Gasteiger partial charge in [0.25, 0.3) is 0 Å². The molecule has 3 rings (SSSR count). The molecule has 216 valence electrons. The molecule has 2 atom stereocenters. The highest BCUT2D eigenvalue weighted by Crippen LogP contribution is 2.28. The van der Waals surface area contributed by atoms with E-state index < -0.39 is 23.4 Å². The maximum absolute atomic E-state index is 13.1. The Morgan fingerprint density at radius 3 is 2.58 bits per heavy atom. The van der Waals surface area contributed by atoms with Crippen molar-refractivity contribution in [1.29, 1.82) is 0 Å². The van der Waals surface area contributed by atoms with Gasteiger partial charge in [0, 0.05) is 35.9 Å². The smallest absolute Gasteiger partial charge is 0.410 e. The van der Waals surface area contributed by atoms with Crippen LogP contribution in [0.15, 0.2) is 56.2 Å².